The molecule has 13 heavy (non-hydrogen) atoms. The predicted octanol–water partition coefficient (Wildman–Crippen LogP) is 3.89. The first kappa shape index (κ1) is 10.3. The van der Waals surface area contributed by atoms with E-state index in [9.17, 15) is 0 Å². The SMILES string of the molecule is C=C(C)c1ccc(CC(C)Cl)cc1. The van der Waals surface area contributed by atoms with Gasteiger partial charge in [0.25, 0.3) is 0 Å². The first-order valence-electron chi connectivity index (χ1n) is 4.48. The molecule has 0 fully saturated rings. The lowest BCUT2D eigenvalue weighted by atomic mass is 10.0. The van der Waals surface area contributed by atoms with Crippen LogP contribution in [0.25, 0.3) is 5.57 Å². The van der Waals surface area contributed by atoms with Crippen molar-refractivity contribution in [3.8, 4) is 0 Å². The van der Waals surface area contributed by atoms with Gasteiger partial charge in [-0.3, -0.25) is 0 Å². The molecule has 1 unspecified atom stereocenters. The molecule has 0 heterocycles. The highest BCUT2D eigenvalue weighted by Gasteiger charge is 1.99. The summed E-state index contributed by atoms with van der Waals surface area (Å²) in [5.74, 6) is 0. The van der Waals surface area contributed by atoms with Crippen molar-refractivity contribution in [2.24, 2.45) is 0 Å². The van der Waals surface area contributed by atoms with Gasteiger partial charge < -0.3 is 0 Å². The molecule has 0 saturated carbocycles. The zero-order chi connectivity index (χ0) is 9.84. The van der Waals surface area contributed by atoms with E-state index in [1.54, 1.807) is 0 Å². The van der Waals surface area contributed by atoms with Gasteiger partial charge in [-0.15, -0.1) is 11.6 Å². The van der Waals surface area contributed by atoms with Gasteiger partial charge in [-0.1, -0.05) is 36.4 Å². The first-order chi connectivity index (χ1) is 6.09. The summed E-state index contributed by atoms with van der Waals surface area (Å²) in [5, 5.41) is 0.204. The molecule has 1 rings (SSSR count). The molecular formula is C12H15Cl. The molecule has 0 amide bonds. The maximum atomic E-state index is 5.90. The number of alkyl halides is 1. The fraction of sp³-hybridized carbons (Fsp3) is 0.333. The third kappa shape index (κ3) is 3.23. The Labute approximate surface area is 85.2 Å². The largest absolute Gasteiger partial charge is 0.123 e. The predicted molar refractivity (Wildman–Crippen MR) is 60.2 cm³/mol. The molecule has 1 aromatic carbocycles. The maximum Gasteiger partial charge on any atom is 0.0348 e. The average Bonchev–Trinajstić information content (AvgIpc) is 2.04. The quantitative estimate of drug-likeness (QED) is 0.641. The molecule has 1 aromatic rings. The van der Waals surface area contributed by atoms with Crippen LogP contribution in [-0.2, 0) is 6.42 Å². The van der Waals surface area contributed by atoms with Crippen molar-refractivity contribution in [3.05, 3.63) is 42.0 Å². The summed E-state index contributed by atoms with van der Waals surface area (Å²) in [7, 11) is 0. The summed E-state index contributed by atoms with van der Waals surface area (Å²) in [6, 6.07) is 8.42. The van der Waals surface area contributed by atoms with Gasteiger partial charge >= 0.3 is 0 Å². The van der Waals surface area contributed by atoms with Crippen LogP contribution < -0.4 is 0 Å². The van der Waals surface area contributed by atoms with E-state index in [4.69, 9.17) is 11.6 Å². The maximum absolute atomic E-state index is 5.90. The zero-order valence-electron chi connectivity index (χ0n) is 8.18. The molecule has 0 aliphatic heterocycles. The molecule has 1 heteroatoms. The Morgan fingerprint density at radius 1 is 1.38 bits per heavy atom. The fourth-order valence-corrected chi connectivity index (χ4v) is 1.43. The Bertz CT molecular complexity index is 282. The Hall–Kier alpha value is -0.750. The first-order valence-corrected chi connectivity index (χ1v) is 4.92. The minimum Gasteiger partial charge on any atom is -0.123 e. The van der Waals surface area contributed by atoms with Gasteiger partial charge in [0.15, 0.2) is 0 Å². The van der Waals surface area contributed by atoms with Gasteiger partial charge in [-0.05, 0) is 31.4 Å². The lowest BCUT2D eigenvalue weighted by molar-refractivity contribution is 0.931. The lowest BCUT2D eigenvalue weighted by Gasteiger charge is -2.04. The number of halogens is 1. The second-order valence-electron chi connectivity index (χ2n) is 3.46. The second kappa shape index (κ2) is 4.48. The number of hydrogen-bond acceptors (Lipinski definition) is 0. The van der Waals surface area contributed by atoms with E-state index in [-0.39, 0.29) is 5.38 Å². The Kier molecular flexibility index (Phi) is 3.56. The van der Waals surface area contributed by atoms with Crippen LogP contribution in [0.4, 0.5) is 0 Å². The molecule has 0 N–H and O–H groups in total. The van der Waals surface area contributed by atoms with Crippen LogP contribution in [0.1, 0.15) is 25.0 Å². The van der Waals surface area contributed by atoms with Crippen molar-refractivity contribution in [2.75, 3.05) is 0 Å². The summed E-state index contributed by atoms with van der Waals surface area (Å²) >= 11 is 5.90. The lowest BCUT2D eigenvalue weighted by Crippen LogP contribution is -1.96. The Morgan fingerprint density at radius 2 is 1.92 bits per heavy atom. The number of benzene rings is 1. The van der Waals surface area contributed by atoms with Crippen LogP contribution >= 0.6 is 11.6 Å². The molecule has 0 aromatic heterocycles. The smallest absolute Gasteiger partial charge is 0.0348 e. The molecule has 70 valence electrons. The van der Waals surface area contributed by atoms with Crippen LogP contribution in [-0.4, -0.2) is 5.38 Å². The van der Waals surface area contributed by atoms with Crippen molar-refractivity contribution in [3.63, 3.8) is 0 Å². The summed E-state index contributed by atoms with van der Waals surface area (Å²) in [4.78, 5) is 0. The van der Waals surface area contributed by atoms with E-state index >= 15 is 0 Å². The van der Waals surface area contributed by atoms with Crippen molar-refractivity contribution in [1.82, 2.24) is 0 Å². The normalized spacial score (nSPS) is 12.5. The molecular weight excluding hydrogens is 180 g/mol. The van der Waals surface area contributed by atoms with Crippen LogP contribution in [0.3, 0.4) is 0 Å². The van der Waals surface area contributed by atoms with Crippen LogP contribution in [0.15, 0.2) is 30.8 Å². The topological polar surface area (TPSA) is 0 Å². The van der Waals surface area contributed by atoms with Crippen molar-refractivity contribution >= 4 is 17.2 Å². The Morgan fingerprint density at radius 3 is 2.31 bits per heavy atom. The molecule has 0 aliphatic carbocycles. The van der Waals surface area contributed by atoms with E-state index in [1.165, 1.54) is 11.1 Å². The average molecular weight is 195 g/mol. The summed E-state index contributed by atoms with van der Waals surface area (Å²) in [6.07, 6.45) is 0.929. The van der Waals surface area contributed by atoms with Gasteiger partial charge in [-0.2, -0.15) is 0 Å². The van der Waals surface area contributed by atoms with Crippen LogP contribution in [0.2, 0.25) is 0 Å². The van der Waals surface area contributed by atoms with Crippen molar-refractivity contribution in [2.45, 2.75) is 25.6 Å². The minimum atomic E-state index is 0.204. The second-order valence-corrected chi connectivity index (χ2v) is 4.21. The minimum absolute atomic E-state index is 0.204. The number of rotatable bonds is 3. The standard InChI is InChI=1S/C12H15Cl/c1-9(2)12-6-4-11(5-7-12)8-10(3)13/h4-7,10H,1,8H2,2-3H3. The molecule has 0 aliphatic rings. The third-order valence-electron chi connectivity index (χ3n) is 1.96. The summed E-state index contributed by atoms with van der Waals surface area (Å²) in [6.45, 7) is 7.91. The highest BCUT2D eigenvalue weighted by atomic mass is 35.5. The monoisotopic (exact) mass is 194 g/mol. The number of allylic oxidation sites excluding steroid dienone is 1. The molecule has 0 saturated heterocycles. The van der Waals surface area contributed by atoms with Gasteiger partial charge in [0.2, 0.25) is 0 Å². The van der Waals surface area contributed by atoms with Gasteiger partial charge in [0.1, 0.15) is 0 Å². The van der Waals surface area contributed by atoms with Crippen molar-refractivity contribution in [1.29, 1.82) is 0 Å². The Balaban J connectivity index is 2.75. The van der Waals surface area contributed by atoms with E-state index in [0.717, 1.165) is 12.0 Å². The van der Waals surface area contributed by atoms with Crippen LogP contribution in [0.5, 0.6) is 0 Å². The highest BCUT2D eigenvalue weighted by Crippen LogP contribution is 2.14. The molecule has 0 nitrogen and oxygen atoms in total. The number of hydrogen-bond donors (Lipinski definition) is 0. The summed E-state index contributed by atoms with van der Waals surface area (Å²) in [5.41, 5.74) is 3.59. The van der Waals surface area contributed by atoms with Gasteiger partial charge in [0, 0.05) is 5.38 Å². The summed E-state index contributed by atoms with van der Waals surface area (Å²) < 4.78 is 0. The fourth-order valence-electron chi connectivity index (χ4n) is 1.25. The highest BCUT2D eigenvalue weighted by molar-refractivity contribution is 6.20. The van der Waals surface area contributed by atoms with Crippen LogP contribution in [0, 0.1) is 0 Å². The molecule has 0 radical (unpaired) electrons. The molecule has 0 bridgehead atoms. The van der Waals surface area contributed by atoms with Gasteiger partial charge in [-0.25, -0.2) is 0 Å². The van der Waals surface area contributed by atoms with E-state index in [0.29, 0.717) is 0 Å². The van der Waals surface area contributed by atoms with E-state index < -0.39 is 0 Å². The van der Waals surface area contributed by atoms with E-state index in [1.807, 2.05) is 13.8 Å². The van der Waals surface area contributed by atoms with Crippen molar-refractivity contribution < 1.29 is 0 Å². The molecule has 0 spiro atoms. The van der Waals surface area contributed by atoms with Gasteiger partial charge in [0.05, 0.1) is 0 Å². The third-order valence-corrected chi connectivity index (χ3v) is 2.12. The molecule has 1 atom stereocenters. The van der Waals surface area contributed by atoms with E-state index in [2.05, 4.69) is 30.8 Å². The zero-order valence-corrected chi connectivity index (χ0v) is 8.93.